The smallest absolute Gasteiger partial charge is 0.324 e. The molecule has 0 atom stereocenters. The van der Waals surface area contributed by atoms with Crippen molar-refractivity contribution in [2.24, 2.45) is 7.05 Å². The quantitative estimate of drug-likeness (QED) is 0.406. The van der Waals surface area contributed by atoms with E-state index in [1.165, 1.54) is 11.3 Å². The highest BCUT2D eigenvalue weighted by molar-refractivity contribution is 7.99. The number of fused-ring (bicyclic) bond motifs is 1. The predicted octanol–water partition coefficient (Wildman–Crippen LogP) is 4.90. The Labute approximate surface area is 187 Å². The first-order valence-electron chi connectivity index (χ1n) is 8.76. The zero-order valence-electron chi connectivity index (χ0n) is 16.1. The van der Waals surface area contributed by atoms with Gasteiger partial charge in [0.1, 0.15) is 5.69 Å². The summed E-state index contributed by atoms with van der Waals surface area (Å²) < 4.78 is 42.3. The van der Waals surface area contributed by atoms with E-state index in [1.54, 1.807) is 11.6 Å². The van der Waals surface area contributed by atoms with Crippen molar-refractivity contribution in [1.29, 1.82) is 0 Å². The van der Waals surface area contributed by atoms with Gasteiger partial charge in [-0.2, -0.15) is 13.2 Å². The minimum Gasteiger partial charge on any atom is -0.324 e. The van der Waals surface area contributed by atoms with E-state index in [2.05, 4.69) is 20.5 Å². The highest BCUT2D eigenvalue weighted by Crippen LogP contribution is 2.34. The van der Waals surface area contributed by atoms with Crippen molar-refractivity contribution in [1.82, 2.24) is 24.1 Å². The predicted molar refractivity (Wildman–Crippen MR) is 114 cm³/mol. The molecule has 7 nitrogen and oxygen atoms in total. The van der Waals surface area contributed by atoms with E-state index < -0.39 is 17.6 Å². The third-order valence-electron chi connectivity index (χ3n) is 4.38. The van der Waals surface area contributed by atoms with Gasteiger partial charge in [-0.1, -0.05) is 23.4 Å². The van der Waals surface area contributed by atoms with E-state index in [0.29, 0.717) is 11.0 Å². The molecule has 0 unspecified atom stereocenters. The fraction of sp³-hybridized carbons (Fsp3) is 0.222. The lowest BCUT2D eigenvalue weighted by molar-refractivity contribution is -0.137. The van der Waals surface area contributed by atoms with Crippen LogP contribution in [0.25, 0.3) is 16.5 Å². The first kappa shape index (κ1) is 21.7. The Bertz CT molecular complexity index is 1280. The van der Waals surface area contributed by atoms with Crippen LogP contribution in [0.15, 0.2) is 34.9 Å². The monoisotopic (exact) mass is 486 g/mol. The van der Waals surface area contributed by atoms with Gasteiger partial charge in [-0.05, 0) is 25.1 Å². The summed E-state index contributed by atoms with van der Waals surface area (Å²) in [4.78, 5) is 17.6. The summed E-state index contributed by atoms with van der Waals surface area (Å²) in [5.41, 5.74) is 0.610. The first-order chi connectivity index (χ1) is 14.6. The van der Waals surface area contributed by atoms with Crippen LogP contribution < -0.4 is 5.32 Å². The van der Waals surface area contributed by atoms with Crippen molar-refractivity contribution < 1.29 is 18.0 Å². The van der Waals surface area contributed by atoms with Crippen LogP contribution in [0.4, 0.5) is 18.9 Å². The average Bonchev–Trinajstić information content (AvgIpc) is 3.36. The van der Waals surface area contributed by atoms with Gasteiger partial charge in [0.05, 0.1) is 27.7 Å². The number of anilines is 1. The molecule has 4 rings (SSSR count). The van der Waals surface area contributed by atoms with E-state index >= 15 is 0 Å². The van der Waals surface area contributed by atoms with Crippen LogP contribution in [0, 0.1) is 6.92 Å². The maximum atomic E-state index is 12.9. The largest absolute Gasteiger partial charge is 0.416 e. The number of aromatic nitrogens is 5. The number of hydrogen-bond donors (Lipinski definition) is 1. The third-order valence-corrected chi connectivity index (χ3v) is 6.49. The van der Waals surface area contributed by atoms with Crippen LogP contribution in [0.2, 0.25) is 5.02 Å². The van der Waals surface area contributed by atoms with Gasteiger partial charge in [0.25, 0.3) is 0 Å². The molecule has 1 amide bonds. The number of amides is 1. The third kappa shape index (κ3) is 4.27. The summed E-state index contributed by atoms with van der Waals surface area (Å²) in [6.45, 7) is 1.88. The van der Waals surface area contributed by atoms with Crippen molar-refractivity contribution in [3.05, 3.63) is 46.1 Å². The van der Waals surface area contributed by atoms with E-state index in [1.807, 2.05) is 22.9 Å². The average molecular weight is 487 g/mol. The van der Waals surface area contributed by atoms with Crippen LogP contribution in [0.3, 0.4) is 0 Å². The molecule has 13 heteroatoms. The van der Waals surface area contributed by atoms with Gasteiger partial charge < -0.3 is 9.88 Å². The lowest BCUT2D eigenvalue weighted by Crippen LogP contribution is -2.16. The fourth-order valence-corrected chi connectivity index (χ4v) is 4.56. The number of thiazole rings is 1. The Morgan fingerprint density at radius 1 is 1.32 bits per heavy atom. The zero-order chi connectivity index (χ0) is 22.3. The fourth-order valence-electron chi connectivity index (χ4n) is 2.92. The standard InChI is InChI=1S/C18H14ClF3N6OS2/c1-9-14(28-5-6-30-16(28)23-9)15-25-26-17(27(15)2)31-8-13(29)24-12-7-10(18(20,21)22)3-4-11(12)19/h3-7H,8H2,1-2H3,(H,24,29). The van der Waals surface area contributed by atoms with Crippen LogP contribution in [0.1, 0.15) is 11.3 Å². The van der Waals surface area contributed by atoms with Crippen molar-refractivity contribution in [2.45, 2.75) is 18.3 Å². The molecule has 31 heavy (non-hydrogen) atoms. The highest BCUT2D eigenvalue weighted by Gasteiger charge is 2.31. The molecule has 4 aromatic rings. The SMILES string of the molecule is Cc1nc2sccn2c1-c1nnc(SCC(=O)Nc2cc(C(F)(F)F)ccc2Cl)n1C. The number of aryl methyl sites for hydroxylation is 1. The number of nitrogens with zero attached hydrogens (tertiary/aromatic N) is 5. The number of alkyl halides is 3. The minimum atomic E-state index is -4.53. The number of benzene rings is 1. The second-order valence-corrected chi connectivity index (χ2v) is 8.72. The Morgan fingerprint density at radius 3 is 2.84 bits per heavy atom. The molecule has 0 saturated heterocycles. The first-order valence-corrected chi connectivity index (χ1v) is 11.0. The second-order valence-electron chi connectivity index (χ2n) is 6.50. The van der Waals surface area contributed by atoms with Gasteiger partial charge in [-0.15, -0.1) is 21.5 Å². The van der Waals surface area contributed by atoms with Crippen molar-refractivity contribution >= 4 is 51.3 Å². The molecule has 0 aliphatic rings. The number of carbonyl (C=O) groups is 1. The maximum Gasteiger partial charge on any atom is 0.416 e. The molecule has 0 saturated carbocycles. The molecular weight excluding hydrogens is 473 g/mol. The molecule has 1 N–H and O–H groups in total. The van der Waals surface area contributed by atoms with Crippen molar-refractivity contribution in [3.8, 4) is 11.5 Å². The molecule has 3 heterocycles. The van der Waals surface area contributed by atoms with Crippen molar-refractivity contribution in [3.63, 3.8) is 0 Å². The number of thioether (sulfide) groups is 1. The Hall–Kier alpha value is -2.57. The molecule has 0 aliphatic carbocycles. The summed E-state index contributed by atoms with van der Waals surface area (Å²) in [5, 5.41) is 13.2. The Kier molecular flexibility index (Phi) is 5.71. The summed E-state index contributed by atoms with van der Waals surface area (Å²) >= 11 is 8.53. The summed E-state index contributed by atoms with van der Waals surface area (Å²) in [7, 11) is 1.77. The number of rotatable bonds is 5. The Morgan fingerprint density at radius 2 is 2.10 bits per heavy atom. The number of hydrogen-bond acceptors (Lipinski definition) is 6. The molecular formula is C18H14ClF3N6OS2. The molecule has 0 aliphatic heterocycles. The van der Waals surface area contributed by atoms with Gasteiger partial charge in [0.15, 0.2) is 15.9 Å². The molecule has 1 aromatic carbocycles. The molecule has 162 valence electrons. The molecule has 0 spiro atoms. The zero-order valence-corrected chi connectivity index (χ0v) is 18.5. The van der Waals surface area contributed by atoms with Crippen LogP contribution in [0.5, 0.6) is 0 Å². The van der Waals surface area contributed by atoms with E-state index in [0.717, 1.165) is 46.3 Å². The maximum absolute atomic E-state index is 12.9. The number of imidazole rings is 1. The second kappa shape index (κ2) is 8.17. The number of halogens is 4. The summed E-state index contributed by atoms with van der Waals surface area (Å²) in [5.74, 6) is -0.0126. The van der Waals surface area contributed by atoms with Gasteiger partial charge in [0, 0.05) is 18.6 Å². The van der Waals surface area contributed by atoms with Gasteiger partial charge >= 0.3 is 6.18 Å². The number of nitrogens with one attached hydrogen (secondary N) is 1. The molecule has 0 fully saturated rings. The Balaban J connectivity index is 1.48. The summed E-state index contributed by atoms with van der Waals surface area (Å²) in [6.07, 6.45) is -2.64. The topological polar surface area (TPSA) is 77.1 Å². The minimum absolute atomic E-state index is 0.0169. The van der Waals surface area contributed by atoms with Gasteiger partial charge in [-0.25, -0.2) is 4.98 Å². The lowest BCUT2D eigenvalue weighted by atomic mass is 10.2. The molecule has 0 radical (unpaired) electrons. The van der Waals surface area contributed by atoms with E-state index in [4.69, 9.17) is 11.6 Å². The van der Waals surface area contributed by atoms with E-state index in [9.17, 15) is 18.0 Å². The molecule has 3 aromatic heterocycles. The van der Waals surface area contributed by atoms with Gasteiger partial charge in [-0.3, -0.25) is 9.20 Å². The van der Waals surface area contributed by atoms with Gasteiger partial charge in [0.2, 0.25) is 5.91 Å². The summed E-state index contributed by atoms with van der Waals surface area (Å²) in [6, 6.07) is 2.76. The lowest BCUT2D eigenvalue weighted by Gasteiger charge is -2.11. The van der Waals surface area contributed by atoms with Crippen LogP contribution in [-0.4, -0.2) is 35.8 Å². The van der Waals surface area contributed by atoms with Crippen molar-refractivity contribution in [2.75, 3.05) is 11.1 Å². The van der Waals surface area contributed by atoms with Crippen LogP contribution in [-0.2, 0) is 18.0 Å². The highest BCUT2D eigenvalue weighted by atomic mass is 35.5. The molecule has 0 bridgehead atoms. The number of carbonyl (C=O) groups excluding carboxylic acids is 1. The van der Waals surface area contributed by atoms with Crippen LogP contribution >= 0.6 is 34.7 Å². The van der Waals surface area contributed by atoms with E-state index in [-0.39, 0.29) is 16.5 Å². The normalized spacial score (nSPS) is 11.9.